The molecular weight excluding hydrogens is 438 g/mol. The van der Waals surface area contributed by atoms with Crippen molar-refractivity contribution in [2.45, 2.75) is 89.1 Å². The first kappa shape index (κ1) is 24.2. The largest absolute Gasteiger partial charge is 0.464 e. The van der Waals surface area contributed by atoms with Gasteiger partial charge in [-0.25, -0.2) is 4.98 Å². The van der Waals surface area contributed by atoms with E-state index in [1.807, 2.05) is 28.8 Å². The number of benzene rings is 1. The van der Waals surface area contributed by atoms with E-state index >= 15 is 0 Å². The molecule has 0 radical (unpaired) electrons. The van der Waals surface area contributed by atoms with Gasteiger partial charge in [-0.2, -0.15) is 0 Å². The molecule has 1 aliphatic carbocycles. The Hall–Kier alpha value is -1.92. The molecule has 1 aromatic heterocycles. The molecule has 0 bridgehead atoms. The lowest BCUT2D eigenvalue weighted by molar-refractivity contribution is -0.162. The van der Waals surface area contributed by atoms with Crippen LogP contribution in [0.2, 0.25) is 5.15 Å². The second kappa shape index (κ2) is 11.0. The van der Waals surface area contributed by atoms with Crippen LogP contribution in [-0.4, -0.2) is 45.7 Å². The van der Waals surface area contributed by atoms with Crippen molar-refractivity contribution in [1.82, 2.24) is 14.5 Å². The molecule has 1 saturated carbocycles. The summed E-state index contributed by atoms with van der Waals surface area (Å²) in [5.74, 6) is -0.0362. The van der Waals surface area contributed by atoms with Gasteiger partial charge in [-0.15, -0.1) is 0 Å². The van der Waals surface area contributed by atoms with Crippen molar-refractivity contribution >= 4 is 28.6 Å². The van der Waals surface area contributed by atoms with E-state index in [-0.39, 0.29) is 22.7 Å². The lowest BCUT2D eigenvalue weighted by Gasteiger charge is -2.46. The number of nitrogens with zero attached hydrogens (tertiary/aromatic N) is 3. The second-order valence-corrected chi connectivity index (χ2v) is 9.93. The first-order valence-electron chi connectivity index (χ1n) is 12.7. The number of fused-ring (bicyclic) bond motifs is 1. The quantitative estimate of drug-likeness (QED) is 0.408. The van der Waals surface area contributed by atoms with Gasteiger partial charge in [-0.3, -0.25) is 14.5 Å². The number of piperidine rings is 1. The third kappa shape index (κ3) is 5.12. The van der Waals surface area contributed by atoms with Gasteiger partial charge in [-0.05, 0) is 44.2 Å². The maximum atomic E-state index is 13.4. The van der Waals surface area contributed by atoms with Crippen LogP contribution in [0.3, 0.4) is 0 Å². The maximum Gasteiger partial charge on any atom is 0.326 e. The number of halogens is 1. The number of rotatable bonds is 6. The van der Waals surface area contributed by atoms with Gasteiger partial charge in [0, 0.05) is 19.1 Å². The van der Waals surface area contributed by atoms with Gasteiger partial charge in [0.1, 0.15) is 5.54 Å². The molecule has 1 aromatic carbocycles. The van der Waals surface area contributed by atoms with E-state index in [0.717, 1.165) is 75.5 Å². The van der Waals surface area contributed by atoms with Gasteiger partial charge in [0.15, 0.2) is 5.15 Å². The number of ether oxygens (including phenoxy) is 1. The van der Waals surface area contributed by atoms with E-state index in [4.69, 9.17) is 16.3 Å². The number of hydrogen-bond donors (Lipinski definition) is 0. The summed E-state index contributed by atoms with van der Waals surface area (Å²) in [6.45, 7) is 4.16. The maximum absolute atomic E-state index is 13.4. The topological polar surface area (TPSA) is 64.4 Å². The molecule has 2 aromatic rings. The van der Waals surface area contributed by atoms with Crippen LogP contribution in [-0.2, 0) is 9.53 Å². The molecule has 1 saturated heterocycles. The summed E-state index contributed by atoms with van der Waals surface area (Å²) in [5, 5.41) is 0.0205. The molecule has 0 unspecified atom stereocenters. The van der Waals surface area contributed by atoms with Gasteiger partial charge < -0.3 is 9.30 Å². The highest BCUT2D eigenvalue weighted by atomic mass is 35.5. The Morgan fingerprint density at radius 1 is 1.12 bits per heavy atom. The normalized spacial score (nSPS) is 20.3. The minimum atomic E-state index is -0.526. The fraction of sp³-hybridized carbons (Fsp3) is 0.654. The van der Waals surface area contributed by atoms with E-state index in [0.29, 0.717) is 6.61 Å². The van der Waals surface area contributed by atoms with E-state index in [9.17, 15) is 9.59 Å². The summed E-state index contributed by atoms with van der Waals surface area (Å²) >= 11 is 6.20. The summed E-state index contributed by atoms with van der Waals surface area (Å²) in [5.41, 5.74) is 0.807. The minimum Gasteiger partial charge on any atom is -0.464 e. The van der Waals surface area contributed by atoms with Crippen LogP contribution in [0.25, 0.3) is 11.0 Å². The first-order chi connectivity index (χ1) is 16.1. The van der Waals surface area contributed by atoms with Crippen molar-refractivity contribution in [3.8, 4) is 0 Å². The number of likely N-dealkylation sites (tertiary alicyclic amines) is 1. The van der Waals surface area contributed by atoms with Crippen LogP contribution in [0.15, 0.2) is 29.1 Å². The number of aromatic nitrogens is 2. The number of unbranched alkanes of at least 4 members (excludes halogenated alkanes) is 1. The first-order valence-corrected chi connectivity index (χ1v) is 13.0. The van der Waals surface area contributed by atoms with Gasteiger partial charge >= 0.3 is 5.97 Å². The van der Waals surface area contributed by atoms with Crippen LogP contribution in [0.4, 0.5) is 0 Å². The predicted octanol–water partition coefficient (Wildman–Crippen LogP) is 5.51. The third-order valence-electron chi connectivity index (χ3n) is 7.48. The number of carbonyl (C=O) groups excluding carboxylic acids is 1. The molecule has 6 nitrogen and oxygen atoms in total. The zero-order chi connectivity index (χ0) is 23.3. The van der Waals surface area contributed by atoms with Gasteiger partial charge in [0.05, 0.1) is 17.6 Å². The van der Waals surface area contributed by atoms with Crippen LogP contribution in [0.5, 0.6) is 0 Å². The molecule has 2 aliphatic rings. The summed E-state index contributed by atoms with van der Waals surface area (Å²) in [6, 6.07) is 7.71. The van der Waals surface area contributed by atoms with Crippen molar-refractivity contribution in [3.63, 3.8) is 0 Å². The second-order valence-electron chi connectivity index (χ2n) is 9.57. The summed E-state index contributed by atoms with van der Waals surface area (Å²) in [7, 11) is 0. The number of esters is 1. The van der Waals surface area contributed by atoms with E-state index in [1.54, 1.807) is 0 Å². The molecule has 2 fully saturated rings. The molecule has 33 heavy (non-hydrogen) atoms. The van der Waals surface area contributed by atoms with Crippen molar-refractivity contribution in [3.05, 3.63) is 39.8 Å². The molecule has 0 spiro atoms. The van der Waals surface area contributed by atoms with Crippen molar-refractivity contribution in [1.29, 1.82) is 0 Å². The van der Waals surface area contributed by atoms with Gasteiger partial charge in [0.25, 0.3) is 5.56 Å². The highest BCUT2D eigenvalue weighted by molar-refractivity contribution is 6.29. The smallest absolute Gasteiger partial charge is 0.326 e. The van der Waals surface area contributed by atoms with E-state index < -0.39 is 5.54 Å². The van der Waals surface area contributed by atoms with E-state index in [2.05, 4.69) is 16.8 Å². The van der Waals surface area contributed by atoms with Crippen LogP contribution < -0.4 is 5.56 Å². The summed E-state index contributed by atoms with van der Waals surface area (Å²) < 4.78 is 7.64. The number of carbonyl (C=O) groups is 1. The average molecular weight is 474 g/mol. The van der Waals surface area contributed by atoms with Crippen molar-refractivity contribution < 1.29 is 9.53 Å². The zero-order valence-electron chi connectivity index (χ0n) is 19.7. The Morgan fingerprint density at radius 3 is 2.48 bits per heavy atom. The minimum absolute atomic E-state index is 0.0205. The van der Waals surface area contributed by atoms with Crippen molar-refractivity contribution in [2.24, 2.45) is 0 Å². The molecule has 1 aliphatic heterocycles. The molecule has 180 valence electrons. The Bertz CT molecular complexity index is 1010. The highest BCUT2D eigenvalue weighted by Gasteiger charge is 2.46. The molecular formula is C26H36ClN3O3. The lowest BCUT2D eigenvalue weighted by atomic mass is 9.81. The molecule has 0 atom stereocenters. The molecule has 7 heteroatoms. The Balaban J connectivity index is 1.57. The van der Waals surface area contributed by atoms with Crippen LogP contribution in [0.1, 0.15) is 83.6 Å². The number of hydrogen-bond acceptors (Lipinski definition) is 5. The predicted molar refractivity (Wildman–Crippen MR) is 132 cm³/mol. The lowest BCUT2D eigenvalue weighted by Crippen LogP contribution is -2.58. The number of para-hydroxylation sites is 2. The van der Waals surface area contributed by atoms with Gasteiger partial charge in [0.2, 0.25) is 0 Å². The zero-order valence-corrected chi connectivity index (χ0v) is 20.5. The van der Waals surface area contributed by atoms with Crippen LogP contribution >= 0.6 is 11.6 Å². The molecule has 0 N–H and O–H groups in total. The fourth-order valence-electron chi connectivity index (χ4n) is 5.62. The Labute approximate surface area is 201 Å². The summed E-state index contributed by atoms with van der Waals surface area (Å²) in [6.07, 6.45) is 11.0. The van der Waals surface area contributed by atoms with Gasteiger partial charge in [-0.1, -0.05) is 69.2 Å². The molecule has 0 amide bonds. The van der Waals surface area contributed by atoms with Crippen molar-refractivity contribution in [2.75, 3.05) is 19.7 Å². The standard InChI is InChI=1S/C26H36ClN3O3/c1-2-3-19-33-25(32)26(15-9-5-4-6-10-16-26)29-17-13-20(14-18-29)30-22-12-8-7-11-21(22)28-23(27)24(30)31/h7-8,11-12,20H,2-6,9-10,13-19H2,1H3. The van der Waals surface area contributed by atoms with E-state index in [1.165, 1.54) is 19.3 Å². The molecule has 2 heterocycles. The fourth-order valence-corrected chi connectivity index (χ4v) is 5.80. The third-order valence-corrected chi connectivity index (χ3v) is 7.73. The van der Waals surface area contributed by atoms with Crippen LogP contribution in [0, 0.1) is 0 Å². The summed E-state index contributed by atoms with van der Waals surface area (Å²) in [4.78, 5) is 33.0. The highest BCUT2D eigenvalue weighted by Crippen LogP contribution is 2.37. The monoisotopic (exact) mass is 473 g/mol. The Morgan fingerprint density at radius 2 is 1.79 bits per heavy atom. The molecule has 4 rings (SSSR count). The average Bonchev–Trinajstić information content (AvgIpc) is 2.80. The Kier molecular flexibility index (Phi) is 8.07. The SMILES string of the molecule is CCCCOC(=O)C1(N2CCC(n3c(=O)c(Cl)nc4ccccc43)CC2)CCCCCCC1.